The zero-order valence-electron chi connectivity index (χ0n) is 8.23. The van der Waals surface area contributed by atoms with Crippen LogP contribution in [0, 0.1) is 11.8 Å². The Morgan fingerprint density at radius 3 is 2.00 bits per heavy atom. The van der Waals surface area contributed by atoms with Crippen molar-refractivity contribution in [2.75, 3.05) is 0 Å². The molecule has 0 aromatic rings. The minimum absolute atomic E-state index is 0.282. The summed E-state index contributed by atoms with van der Waals surface area (Å²) in [6.45, 7) is 8.28. The summed E-state index contributed by atoms with van der Waals surface area (Å²) in [7, 11) is 0. The van der Waals surface area contributed by atoms with Gasteiger partial charge in [0.2, 0.25) is 0 Å². The Kier molecular flexibility index (Phi) is 5.53. The fourth-order valence-electron chi connectivity index (χ4n) is 1.57. The molecule has 0 aromatic heterocycles. The van der Waals surface area contributed by atoms with E-state index >= 15 is 0 Å². The molecule has 0 aliphatic rings. The highest BCUT2D eigenvalue weighted by atomic mass is 19.1. The lowest BCUT2D eigenvalue weighted by atomic mass is 9.86. The standard InChI is InChI=1S/C10H21F/c1-5-7-9(8(3)4)10(11)6-2/h8-10H,5-7H2,1-4H3/t9?,10-/m1/s1. The molecule has 0 fully saturated rings. The highest BCUT2D eigenvalue weighted by molar-refractivity contribution is 4.70. The third-order valence-electron chi connectivity index (χ3n) is 2.33. The van der Waals surface area contributed by atoms with E-state index in [9.17, 15) is 4.39 Å². The number of halogens is 1. The predicted octanol–water partition coefficient (Wildman–Crippen LogP) is 3.81. The third kappa shape index (κ3) is 3.74. The van der Waals surface area contributed by atoms with Gasteiger partial charge in [-0.3, -0.25) is 0 Å². The van der Waals surface area contributed by atoms with Crippen molar-refractivity contribution in [1.29, 1.82) is 0 Å². The number of hydrogen-bond donors (Lipinski definition) is 0. The molecule has 0 amide bonds. The van der Waals surface area contributed by atoms with Gasteiger partial charge in [-0.25, -0.2) is 4.39 Å². The van der Waals surface area contributed by atoms with E-state index in [1.165, 1.54) is 0 Å². The lowest BCUT2D eigenvalue weighted by Crippen LogP contribution is -2.20. The average molecular weight is 160 g/mol. The van der Waals surface area contributed by atoms with Crippen molar-refractivity contribution in [2.45, 2.75) is 53.1 Å². The van der Waals surface area contributed by atoms with Crippen LogP contribution in [-0.2, 0) is 0 Å². The monoisotopic (exact) mass is 160 g/mol. The van der Waals surface area contributed by atoms with Gasteiger partial charge in [0, 0.05) is 0 Å². The third-order valence-corrected chi connectivity index (χ3v) is 2.33. The van der Waals surface area contributed by atoms with Crippen molar-refractivity contribution in [2.24, 2.45) is 11.8 Å². The maximum atomic E-state index is 13.2. The summed E-state index contributed by atoms with van der Waals surface area (Å²) in [6.07, 6.45) is 2.22. The van der Waals surface area contributed by atoms with Crippen LogP contribution >= 0.6 is 0 Å². The first-order valence-electron chi connectivity index (χ1n) is 4.77. The van der Waals surface area contributed by atoms with Gasteiger partial charge in [0.15, 0.2) is 0 Å². The van der Waals surface area contributed by atoms with Crippen molar-refractivity contribution >= 4 is 0 Å². The fraction of sp³-hybridized carbons (Fsp3) is 1.00. The van der Waals surface area contributed by atoms with E-state index in [1.54, 1.807) is 0 Å². The SMILES string of the molecule is CCCC(C(C)C)[C@H](F)CC. The second kappa shape index (κ2) is 5.56. The molecule has 0 heterocycles. The molecule has 0 radical (unpaired) electrons. The summed E-state index contributed by atoms with van der Waals surface area (Å²) in [6, 6.07) is 0. The average Bonchev–Trinajstić information content (AvgIpc) is 1.98. The quantitative estimate of drug-likeness (QED) is 0.573. The Morgan fingerprint density at radius 1 is 1.18 bits per heavy atom. The van der Waals surface area contributed by atoms with Crippen LogP contribution in [0.15, 0.2) is 0 Å². The summed E-state index contributed by atoms with van der Waals surface area (Å²) in [4.78, 5) is 0. The van der Waals surface area contributed by atoms with Gasteiger partial charge in [0.05, 0.1) is 0 Å². The van der Waals surface area contributed by atoms with E-state index in [0.717, 1.165) is 12.8 Å². The van der Waals surface area contributed by atoms with E-state index in [1.807, 2.05) is 6.92 Å². The highest BCUT2D eigenvalue weighted by Gasteiger charge is 2.21. The second-order valence-corrected chi connectivity index (χ2v) is 3.62. The molecule has 1 heteroatoms. The first-order valence-corrected chi connectivity index (χ1v) is 4.77. The van der Waals surface area contributed by atoms with Gasteiger partial charge in [-0.1, -0.05) is 34.1 Å². The van der Waals surface area contributed by atoms with E-state index < -0.39 is 6.17 Å². The van der Waals surface area contributed by atoms with Crippen molar-refractivity contribution in [1.82, 2.24) is 0 Å². The molecule has 2 atom stereocenters. The van der Waals surface area contributed by atoms with Gasteiger partial charge < -0.3 is 0 Å². The van der Waals surface area contributed by atoms with Crippen molar-refractivity contribution in [3.8, 4) is 0 Å². The van der Waals surface area contributed by atoms with E-state index in [-0.39, 0.29) is 5.92 Å². The van der Waals surface area contributed by atoms with Crippen LogP contribution in [0.2, 0.25) is 0 Å². The van der Waals surface area contributed by atoms with Gasteiger partial charge in [0.1, 0.15) is 6.17 Å². The van der Waals surface area contributed by atoms with Crippen LogP contribution in [0.25, 0.3) is 0 Å². The van der Waals surface area contributed by atoms with Crippen LogP contribution in [0.4, 0.5) is 4.39 Å². The topological polar surface area (TPSA) is 0 Å². The number of hydrogen-bond acceptors (Lipinski definition) is 0. The van der Waals surface area contributed by atoms with Crippen molar-refractivity contribution in [3.63, 3.8) is 0 Å². The smallest absolute Gasteiger partial charge is 0.103 e. The lowest BCUT2D eigenvalue weighted by molar-refractivity contribution is 0.164. The molecule has 0 aliphatic heterocycles. The summed E-state index contributed by atoms with van der Waals surface area (Å²) < 4.78 is 13.2. The molecule has 0 aliphatic carbocycles. The molecule has 0 spiro atoms. The van der Waals surface area contributed by atoms with Crippen LogP contribution in [-0.4, -0.2) is 6.17 Å². The second-order valence-electron chi connectivity index (χ2n) is 3.62. The van der Waals surface area contributed by atoms with Gasteiger partial charge in [-0.2, -0.15) is 0 Å². The molecular weight excluding hydrogens is 139 g/mol. The highest BCUT2D eigenvalue weighted by Crippen LogP contribution is 2.25. The Hall–Kier alpha value is -0.0700. The lowest BCUT2D eigenvalue weighted by Gasteiger charge is -2.23. The van der Waals surface area contributed by atoms with E-state index in [0.29, 0.717) is 12.3 Å². The minimum Gasteiger partial charge on any atom is -0.247 e. The molecule has 0 rings (SSSR count). The summed E-state index contributed by atoms with van der Waals surface area (Å²) in [5.41, 5.74) is 0. The molecular formula is C10H21F. The maximum Gasteiger partial charge on any atom is 0.103 e. The fourth-order valence-corrected chi connectivity index (χ4v) is 1.57. The predicted molar refractivity (Wildman–Crippen MR) is 48.4 cm³/mol. The van der Waals surface area contributed by atoms with Crippen LogP contribution in [0.5, 0.6) is 0 Å². The van der Waals surface area contributed by atoms with Crippen molar-refractivity contribution in [3.05, 3.63) is 0 Å². The van der Waals surface area contributed by atoms with Crippen LogP contribution in [0.1, 0.15) is 47.0 Å². The molecule has 68 valence electrons. The Bertz CT molecular complexity index is 88.9. The zero-order chi connectivity index (χ0) is 8.85. The van der Waals surface area contributed by atoms with Crippen molar-refractivity contribution < 1.29 is 4.39 Å². The molecule has 0 saturated heterocycles. The normalized spacial score (nSPS) is 16.9. The first kappa shape index (κ1) is 10.9. The Balaban J connectivity index is 3.87. The molecule has 0 aromatic carbocycles. The zero-order valence-corrected chi connectivity index (χ0v) is 8.23. The van der Waals surface area contributed by atoms with Gasteiger partial charge >= 0.3 is 0 Å². The number of alkyl halides is 1. The Morgan fingerprint density at radius 2 is 1.73 bits per heavy atom. The van der Waals surface area contributed by atoms with Crippen LogP contribution in [0.3, 0.4) is 0 Å². The molecule has 1 unspecified atom stereocenters. The van der Waals surface area contributed by atoms with Gasteiger partial charge in [0.25, 0.3) is 0 Å². The van der Waals surface area contributed by atoms with E-state index in [2.05, 4.69) is 20.8 Å². The molecule has 11 heavy (non-hydrogen) atoms. The number of rotatable bonds is 5. The van der Waals surface area contributed by atoms with Gasteiger partial charge in [-0.15, -0.1) is 0 Å². The minimum atomic E-state index is -0.588. The summed E-state index contributed by atoms with van der Waals surface area (Å²) >= 11 is 0. The van der Waals surface area contributed by atoms with Crippen LogP contribution < -0.4 is 0 Å². The molecule has 0 bridgehead atoms. The summed E-state index contributed by atoms with van der Waals surface area (Å²) in [5, 5.41) is 0. The molecule has 0 nitrogen and oxygen atoms in total. The van der Waals surface area contributed by atoms with E-state index in [4.69, 9.17) is 0 Å². The molecule has 0 N–H and O–H groups in total. The summed E-state index contributed by atoms with van der Waals surface area (Å²) in [5.74, 6) is 0.773. The maximum absolute atomic E-state index is 13.2. The van der Waals surface area contributed by atoms with Gasteiger partial charge in [-0.05, 0) is 24.7 Å². The molecule has 0 saturated carbocycles. The Labute approximate surface area is 70.2 Å². The largest absolute Gasteiger partial charge is 0.247 e. The first-order chi connectivity index (χ1) is 5.13.